The molecule has 0 aliphatic heterocycles. The Hall–Kier alpha value is -9.62. The van der Waals surface area contributed by atoms with Crippen molar-refractivity contribution in [3.8, 4) is 63.2 Å². The summed E-state index contributed by atoms with van der Waals surface area (Å²) >= 11 is 0. The summed E-state index contributed by atoms with van der Waals surface area (Å²) in [4.78, 5) is 0. The van der Waals surface area contributed by atoms with Crippen LogP contribution in [0.2, 0.25) is 0 Å². The minimum atomic E-state index is -2.15. The van der Waals surface area contributed by atoms with E-state index in [0.29, 0.717) is 53.3 Å². The van der Waals surface area contributed by atoms with Gasteiger partial charge in [0.2, 0.25) is 6.43 Å². The molecule has 9 rings (SSSR count). The predicted octanol–water partition coefficient (Wildman–Crippen LogP) is 35.6. The van der Waals surface area contributed by atoms with E-state index >= 15 is 0 Å². The Morgan fingerprint density at radius 3 is 0.993 bits per heavy atom. The van der Waals surface area contributed by atoms with E-state index < -0.39 is 12.3 Å². The molecular weight excluding hydrogens is 1670 g/mol. The van der Waals surface area contributed by atoms with Gasteiger partial charge in [-0.15, -0.1) is 6.58 Å². The summed E-state index contributed by atoms with van der Waals surface area (Å²) in [5.74, 6) is 16.2. The van der Waals surface area contributed by atoms with E-state index in [9.17, 15) is 8.78 Å². The molecule has 0 aliphatic rings. The largest absolute Gasteiger partial charge is 0.497 e. The van der Waals surface area contributed by atoms with E-state index in [1.807, 2.05) is 121 Å². The zero-order valence-corrected chi connectivity index (χ0v) is 87.6. The highest BCUT2D eigenvalue weighted by atomic mass is 19.3. The fraction of sp³-hybridized carbons (Fsp3) is 0.537. The maximum atomic E-state index is 11.2. The number of rotatable bonds is 42. The molecule has 0 saturated carbocycles. The standard InChI is InChI=1S/C15H22O2.4C13H20O.C12H18O2.2C12H18O.C11H16O.C4H8F2.3CH4/c1-5-6-13-7-8-14(15(11-13)16-4)17-10-9-12(2)3;1-10(2)7-8-14-13-6-5-11(3)12(4)9-13;1-10(2)8-9-14-13-7-5-6-11(3)12(13)4;1-10(2)8-9-14-13-11(3)6-5-7-12(13)4;1-4-12-5-7-13(8-6-12)14-10-9-11(2)3;1-10(2)7-8-14-12-6-4-5-11(9-12)13-3;1-10(2)8-9-13-12-6-4-11(3)5-7-12;1-10(2)8-9-13-12-7-5-4-6-11(12)3;1-10(2)8-9-12-11-6-4-3-5-7-11;1-3(2)4(5)6;;;/h5,7-8,11-12H,1,6,9-10H2,2-4H3;5-6,9-10H,7-8H2,1-4H3;2*5-7,10H,8-9H2,1-4H3;5-8,11H,4,9-10H2,1-3H3;4-6,9-10H,7-8H2,1-3H3;2*4-7,10H,8-9H2,1-3H3;3-7,10H,8-9H2,1-2H3;3-4H,1-2H3;3*1H4. The Balaban J connectivity index is -0.000000703. The number of halogens is 2. The molecule has 134 heavy (non-hydrogen) atoms. The summed E-state index contributed by atoms with van der Waals surface area (Å²) < 4.78 is 83.6. The monoisotopic (exact) mass is 1860 g/mol. The van der Waals surface area contributed by atoms with Crippen LogP contribution in [0.1, 0.15) is 281 Å². The van der Waals surface area contributed by atoms with Crippen LogP contribution in [0.5, 0.6) is 63.2 Å². The van der Waals surface area contributed by atoms with E-state index in [4.69, 9.17) is 52.1 Å². The number of aryl methyl sites for hydroxylation is 8. The van der Waals surface area contributed by atoms with Gasteiger partial charge in [0.1, 0.15) is 51.7 Å². The maximum Gasteiger partial charge on any atom is 0.240 e. The number of allylic oxidation sites excluding steroid dienone is 1. The molecule has 9 aromatic rings. The first-order valence-corrected chi connectivity index (χ1v) is 48.5. The summed E-state index contributed by atoms with van der Waals surface area (Å²) in [6.07, 6.45) is 11.6. The van der Waals surface area contributed by atoms with Crippen molar-refractivity contribution in [1.82, 2.24) is 0 Å². The van der Waals surface area contributed by atoms with E-state index in [-0.39, 0.29) is 22.3 Å². The zero-order valence-electron chi connectivity index (χ0n) is 87.6. The van der Waals surface area contributed by atoms with Gasteiger partial charge in [0.25, 0.3) is 0 Å². The van der Waals surface area contributed by atoms with Crippen molar-refractivity contribution in [2.45, 2.75) is 300 Å². The highest BCUT2D eigenvalue weighted by Crippen LogP contribution is 2.30. The summed E-state index contributed by atoms with van der Waals surface area (Å²) in [7, 11) is 3.33. The second kappa shape index (κ2) is 80.6. The molecule has 0 N–H and O–H groups in total. The van der Waals surface area contributed by atoms with Crippen LogP contribution in [0.15, 0.2) is 213 Å². The van der Waals surface area contributed by atoms with E-state index in [0.717, 1.165) is 193 Å². The third kappa shape index (κ3) is 70.1. The SMILES string of the molecule is C.C.C.C=CCc1ccc(OCCC(C)C)c(OC)c1.CC(C)C(F)F.CC(C)CCOc1ccccc1.CCc1ccc(OCCC(C)C)cc1.COc1cccc(OCCC(C)C)c1.Cc1ccc(OCCC(C)C)cc1.Cc1ccc(OCCC(C)C)cc1C.Cc1cccc(C)c1OCCC(C)C.Cc1cccc(OCCC(C)C)c1C.Cc1ccccc1OCCC(C)C. The summed E-state index contributed by atoms with van der Waals surface area (Å²) in [6, 6.07) is 67.1. The van der Waals surface area contributed by atoms with Crippen molar-refractivity contribution in [1.29, 1.82) is 0 Å². The summed E-state index contributed by atoms with van der Waals surface area (Å²) in [6.45, 7) is 72.6. The smallest absolute Gasteiger partial charge is 0.240 e. The molecule has 0 unspecified atom stereocenters. The Bertz CT molecular complexity index is 4220. The van der Waals surface area contributed by atoms with Gasteiger partial charge in [-0.2, -0.15) is 0 Å². The average Bonchev–Trinajstić information content (AvgIpc) is 1.00. The second-order valence-electron chi connectivity index (χ2n) is 37.6. The molecule has 0 atom stereocenters. The highest BCUT2D eigenvalue weighted by Gasteiger charge is 2.11. The number of alkyl halides is 2. The van der Waals surface area contributed by atoms with Gasteiger partial charge in [0, 0.05) is 12.0 Å². The molecule has 9 aromatic carbocycles. The number of hydrogen-bond acceptors (Lipinski definition) is 11. The molecular formula is C121H192F2O11. The fourth-order valence-corrected chi connectivity index (χ4v) is 10.9. The first-order valence-electron chi connectivity index (χ1n) is 48.5. The molecule has 0 aromatic heterocycles. The van der Waals surface area contributed by atoms with Gasteiger partial charge in [-0.3, -0.25) is 0 Å². The van der Waals surface area contributed by atoms with Crippen LogP contribution in [0.3, 0.4) is 0 Å². The van der Waals surface area contributed by atoms with Crippen LogP contribution < -0.4 is 52.1 Å². The van der Waals surface area contributed by atoms with Crippen molar-refractivity contribution in [2.75, 3.05) is 73.7 Å². The van der Waals surface area contributed by atoms with Crippen LogP contribution in [0, 0.1) is 115 Å². The Morgan fingerprint density at radius 1 is 0.269 bits per heavy atom. The molecule has 11 nitrogen and oxygen atoms in total. The average molecular weight is 1860 g/mol. The molecule has 0 aliphatic carbocycles. The summed E-state index contributed by atoms with van der Waals surface area (Å²) in [5.41, 5.74) is 12.7. The first kappa shape index (κ1) is 131. The lowest BCUT2D eigenvalue weighted by atomic mass is 10.1. The van der Waals surface area contributed by atoms with Gasteiger partial charge >= 0.3 is 0 Å². The second-order valence-corrected chi connectivity index (χ2v) is 37.6. The quantitative estimate of drug-likeness (QED) is 0.0342. The van der Waals surface area contributed by atoms with Crippen molar-refractivity contribution in [3.63, 3.8) is 0 Å². The Kier molecular flexibility index (Phi) is 78.6. The molecule has 13 heteroatoms. The number of hydrogen-bond donors (Lipinski definition) is 0. The zero-order chi connectivity index (χ0) is 98.4. The van der Waals surface area contributed by atoms with Gasteiger partial charge in [0.05, 0.1) is 73.7 Å². The van der Waals surface area contributed by atoms with E-state index in [2.05, 4.69) is 278 Å². The van der Waals surface area contributed by atoms with E-state index in [1.165, 1.54) is 69.5 Å². The number of methoxy groups -OCH3 is 2. The van der Waals surface area contributed by atoms with Gasteiger partial charge in [-0.05, 0) is 314 Å². The predicted molar refractivity (Wildman–Crippen MR) is 578 cm³/mol. The molecule has 756 valence electrons. The van der Waals surface area contributed by atoms with E-state index in [1.54, 1.807) is 14.2 Å². The Morgan fingerprint density at radius 2 is 0.590 bits per heavy atom. The molecule has 0 heterocycles. The molecule has 0 spiro atoms. The van der Waals surface area contributed by atoms with Crippen molar-refractivity contribution in [3.05, 3.63) is 268 Å². The fourth-order valence-electron chi connectivity index (χ4n) is 10.9. The van der Waals surface area contributed by atoms with Crippen LogP contribution in [-0.4, -0.2) is 80.1 Å². The lowest BCUT2D eigenvalue weighted by Crippen LogP contribution is -2.03. The lowest BCUT2D eigenvalue weighted by molar-refractivity contribution is 0.0955. The van der Waals surface area contributed by atoms with Gasteiger partial charge in [-0.25, -0.2) is 8.78 Å². The third-order valence-corrected chi connectivity index (χ3v) is 20.4. The number of ether oxygens (including phenoxy) is 11. The van der Waals surface area contributed by atoms with Gasteiger partial charge in [0.15, 0.2) is 11.5 Å². The van der Waals surface area contributed by atoms with Crippen molar-refractivity contribution < 1.29 is 60.9 Å². The number of benzene rings is 9. The highest BCUT2D eigenvalue weighted by molar-refractivity contribution is 5.44. The first-order chi connectivity index (χ1) is 62.2. The van der Waals surface area contributed by atoms with Crippen LogP contribution in [0.4, 0.5) is 8.78 Å². The third-order valence-electron chi connectivity index (χ3n) is 20.4. The molecule has 0 radical (unpaired) electrons. The normalized spacial score (nSPS) is 10.3. The topological polar surface area (TPSA) is 102 Å². The molecule has 0 amide bonds. The Labute approximate surface area is 820 Å². The van der Waals surface area contributed by atoms with Crippen LogP contribution >= 0.6 is 0 Å². The molecule has 0 fully saturated rings. The lowest BCUT2D eigenvalue weighted by Gasteiger charge is -2.12. The minimum absolute atomic E-state index is 0. The van der Waals surface area contributed by atoms with Crippen LogP contribution in [0.25, 0.3) is 0 Å². The molecule has 0 saturated heterocycles. The van der Waals surface area contributed by atoms with Crippen molar-refractivity contribution in [2.24, 2.45) is 59.2 Å². The van der Waals surface area contributed by atoms with Gasteiger partial charge < -0.3 is 52.1 Å². The minimum Gasteiger partial charge on any atom is -0.497 e. The van der Waals surface area contributed by atoms with Crippen molar-refractivity contribution >= 4 is 0 Å². The number of para-hydroxylation sites is 3. The maximum absolute atomic E-state index is 11.2. The van der Waals surface area contributed by atoms with Crippen LogP contribution in [-0.2, 0) is 12.8 Å². The molecule has 0 bridgehead atoms. The summed E-state index contributed by atoms with van der Waals surface area (Å²) in [5, 5.41) is 0. The van der Waals surface area contributed by atoms with Gasteiger partial charge in [-0.1, -0.05) is 289 Å².